The van der Waals surface area contributed by atoms with Gasteiger partial charge in [-0.25, -0.2) is 0 Å². The number of nitrogens with zero attached hydrogens (tertiary/aromatic N) is 3. The van der Waals surface area contributed by atoms with Crippen molar-refractivity contribution >= 4 is 23.6 Å². The molecule has 0 saturated carbocycles. The van der Waals surface area contributed by atoms with Gasteiger partial charge in [0.25, 0.3) is 0 Å². The fraction of sp³-hybridized carbons (Fsp3) is 0.750. The van der Waals surface area contributed by atoms with Crippen molar-refractivity contribution in [1.29, 1.82) is 0 Å². The maximum atomic E-state index is 14.0. The Morgan fingerprint density at radius 1 is 0.976 bits per heavy atom. The molecule has 0 spiro atoms. The van der Waals surface area contributed by atoms with E-state index in [1.54, 1.807) is 29.8 Å². The van der Waals surface area contributed by atoms with Crippen molar-refractivity contribution in [3.05, 3.63) is 24.3 Å². The number of amides is 4. The summed E-state index contributed by atoms with van der Waals surface area (Å²) in [4.78, 5) is 59.2. The summed E-state index contributed by atoms with van der Waals surface area (Å²) in [6.07, 6.45) is 7.70. The molecule has 9 heteroatoms. The van der Waals surface area contributed by atoms with Gasteiger partial charge in [0, 0.05) is 31.8 Å². The molecule has 2 saturated heterocycles. The molecule has 0 aromatic rings. The molecule has 2 fully saturated rings. The van der Waals surface area contributed by atoms with Crippen LogP contribution in [-0.4, -0.2) is 95.2 Å². The first kappa shape index (κ1) is 34.5. The van der Waals surface area contributed by atoms with Gasteiger partial charge in [0.2, 0.25) is 23.6 Å². The molecule has 2 aliphatic rings. The molecule has 2 rings (SSSR count). The van der Waals surface area contributed by atoms with Crippen LogP contribution in [0.15, 0.2) is 24.3 Å². The van der Waals surface area contributed by atoms with Gasteiger partial charge in [0.15, 0.2) is 0 Å². The average Bonchev–Trinajstić information content (AvgIpc) is 3.41. The van der Waals surface area contributed by atoms with Crippen molar-refractivity contribution in [1.82, 2.24) is 25.3 Å². The van der Waals surface area contributed by atoms with Gasteiger partial charge in [0.05, 0.1) is 12.1 Å². The SMILES string of the molecule is C=CCNC(=O)[C@@H]1CCCN1C(=O)C(C)=CC(C(C)C)N(C)C(=O)[C@@H](NC(=O)[C@H]1CCCCN1C(C)C)C(C)(C)C. The maximum absolute atomic E-state index is 14.0. The van der Waals surface area contributed by atoms with E-state index in [-0.39, 0.29) is 47.7 Å². The molecule has 4 atom stereocenters. The van der Waals surface area contributed by atoms with E-state index in [9.17, 15) is 19.2 Å². The summed E-state index contributed by atoms with van der Waals surface area (Å²) in [5, 5.41) is 5.93. The number of carbonyl (C=O) groups is 4. The number of rotatable bonds is 11. The summed E-state index contributed by atoms with van der Waals surface area (Å²) in [7, 11) is 1.74. The molecule has 1 unspecified atom stereocenters. The normalized spacial score (nSPS) is 21.9. The first-order valence-electron chi connectivity index (χ1n) is 15.3. The zero-order chi connectivity index (χ0) is 31.1. The van der Waals surface area contributed by atoms with Gasteiger partial charge in [-0.3, -0.25) is 24.1 Å². The Balaban J connectivity index is 2.26. The molecule has 9 nitrogen and oxygen atoms in total. The monoisotopic (exact) mass is 573 g/mol. The van der Waals surface area contributed by atoms with Crippen LogP contribution < -0.4 is 10.6 Å². The third-order valence-electron chi connectivity index (χ3n) is 8.38. The topological polar surface area (TPSA) is 102 Å². The Kier molecular flexibility index (Phi) is 12.6. The van der Waals surface area contributed by atoms with E-state index >= 15 is 0 Å². The number of nitrogens with one attached hydrogen (secondary N) is 2. The van der Waals surface area contributed by atoms with Crippen LogP contribution in [-0.2, 0) is 19.2 Å². The number of likely N-dealkylation sites (tertiary alicyclic amines) is 2. The first-order chi connectivity index (χ1) is 19.1. The van der Waals surface area contributed by atoms with E-state index < -0.39 is 17.5 Å². The summed E-state index contributed by atoms with van der Waals surface area (Å²) < 4.78 is 0. The van der Waals surface area contributed by atoms with Crippen LogP contribution >= 0.6 is 0 Å². The lowest BCUT2D eigenvalue weighted by Crippen LogP contribution is -2.60. The van der Waals surface area contributed by atoms with E-state index in [4.69, 9.17) is 0 Å². The van der Waals surface area contributed by atoms with Crippen molar-refractivity contribution in [2.75, 3.05) is 26.7 Å². The minimum Gasteiger partial charge on any atom is -0.351 e. The van der Waals surface area contributed by atoms with Crippen molar-refractivity contribution in [2.45, 2.75) is 118 Å². The van der Waals surface area contributed by atoms with E-state index in [0.717, 1.165) is 32.2 Å². The lowest BCUT2D eigenvalue weighted by atomic mass is 9.84. The quantitative estimate of drug-likeness (QED) is 0.291. The zero-order valence-corrected chi connectivity index (χ0v) is 27.0. The first-order valence-corrected chi connectivity index (χ1v) is 15.3. The molecular formula is C32H55N5O4. The van der Waals surface area contributed by atoms with Crippen LogP contribution in [0.2, 0.25) is 0 Å². The van der Waals surface area contributed by atoms with E-state index in [0.29, 0.717) is 25.1 Å². The van der Waals surface area contributed by atoms with Crippen LogP contribution in [0.1, 0.15) is 87.5 Å². The molecule has 0 bridgehead atoms. The average molecular weight is 574 g/mol. The van der Waals surface area contributed by atoms with E-state index in [1.807, 2.05) is 40.7 Å². The van der Waals surface area contributed by atoms with E-state index in [2.05, 4.69) is 36.0 Å². The highest BCUT2D eigenvalue weighted by atomic mass is 16.2. The minimum absolute atomic E-state index is 0.0167. The maximum Gasteiger partial charge on any atom is 0.249 e. The van der Waals surface area contributed by atoms with Crippen molar-refractivity contribution in [3.63, 3.8) is 0 Å². The van der Waals surface area contributed by atoms with Crippen molar-refractivity contribution < 1.29 is 19.2 Å². The van der Waals surface area contributed by atoms with Gasteiger partial charge >= 0.3 is 0 Å². The van der Waals surface area contributed by atoms with E-state index in [1.165, 1.54) is 0 Å². The molecule has 41 heavy (non-hydrogen) atoms. The Bertz CT molecular complexity index is 983. The molecule has 2 heterocycles. The summed E-state index contributed by atoms with van der Waals surface area (Å²) in [6, 6.07) is -1.60. The molecule has 232 valence electrons. The Hall–Kier alpha value is -2.68. The molecule has 0 aromatic heterocycles. The van der Waals surface area contributed by atoms with Gasteiger partial charge in [-0.1, -0.05) is 53.2 Å². The predicted molar refractivity (Wildman–Crippen MR) is 164 cm³/mol. The van der Waals surface area contributed by atoms with Gasteiger partial charge in [-0.05, 0) is 64.3 Å². The predicted octanol–water partition coefficient (Wildman–Crippen LogP) is 3.50. The van der Waals surface area contributed by atoms with Gasteiger partial charge in [-0.15, -0.1) is 6.58 Å². The molecule has 0 aromatic carbocycles. The van der Waals surface area contributed by atoms with Crippen LogP contribution in [0.25, 0.3) is 0 Å². The molecule has 0 radical (unpaired) electrons. The zero-order valence-electron chi connectivity index (χ0n) is 27.0. The molecule has 2 N–H and O–H groups in total. The summed E-state index contributed by atoms with van der Waals surface area (Å²) in [6.45, 7) is 21.3. The fourth-order valence-corrected chi connectivity index (χ4v) is 5.97. The number of piperidine rings is 1. The second kappa shape index (κ2) is 15.0. The fourth-order valence-electron chi connectivity index (χ4n) is 5.97. The summed E-state index contributed by atoms with van der Waals surface area (Å²) in [5.74, 6) is -0.634. The van der Waals surface area contributed by atoms with Crippen LogP contribution in [0.3, 0.4) is 0 Å². The lowest BCUT2D eigenvalue weighted by molar-refractivity contribution is -0.142. The number of likely N-dealkylation sites (N-methyl/N-ethyl adjacent to an activating group) is 1. The summed E-state index contributed by atoms with van der Waals surface area (Å²) in [5.41, 5.74) is -0.0198. The third-order valence-corrected chi connectivity index (χ3v) is 8.38. The molecular weight excluding hydrogens is 518 g/mol. The Morgan fingerprint density at radius 2 is 1.61 bits per heavy atom. The second-order valence-corrected chi connectivity index (χ2v) is 13.4. The van der Waals surface area contributed by atoms with Crippen LogP contribution in [0, 0.1) is 11.3 Å². The largest absolute Gasteiger partial charge is 0.351 e. The highest BCUT2D eigenvalue weighted by Crippen LogP contribution is 2.26. The number of carbonyl (C=O) groups excluding carboxylic acids is 4. The van der Waals surface area contributed by atoms with Gasteiger partial charge in [-0.2, -0.15) is 0 Å². The second-order valence-electron chi connectivity index (χ2n) is 13.4. The smallest absolute Gasteiger partial charge is 0.249 e. The Labute approximate surface area is 248 Å². The standard InChI is InChI=1S/C32H55N5O4/c1-11-17-33-28(38)24-16-14-19-37(24)30(40)23(6)20-26(21(2)3)35(10)31(41)27(32(7,8)9)34-29(39)25-15-12-13-18-36(25)22(4)5/h11,20-22,24-27H,1,12-19H2,2-10H3,(H,33,38)(H,34,39)/t24-,25+,26?,27+/m0/s1. The number of hydrogen-bond acceptors (Lipinski definition) is 5. The van der Waals surface area contributed by atoms with Crippen LogP contribution in [0.4, 0.5) is 0 Å². The molecule has 4 amide bonds. The van der Waals surface area contributed by atoms with Gasteiger partial charge < -0.3 is 20.4 Å². The highest BCUT2D eigenvalue weighted by molar-refractivity contribution is 5.97. The molecule has 0 aliphatic carbocycles. The Morgan fingerprint density at radius 3 is 2.17 bits per heavy atom. The highest BCUT2D eigenvalue weighted by Gasteiger charge is 2.40. The summed E-state index contributed by atoms with van der Waals surface area (Å²) >= 11 is 0. The van der Waals surface area contributed by atoms with Crippen molar-refractivity contribution in [2.24, 2.45) is 11.3 Å². The number of hydrogen-bond donors (Lipinski definition) is 2. The minimum atomic E-state index is -0.724. The lowest BCUT2D eigenvalue weighted by Gasteiger charge is -2.41. The van der Waals surface area contributed by atoms with Crippen LogP contribution in [0.5, 0.6) is 0 Å². The van der Waals surface area contributed by atoms with Crippen molar-refractivity contribution in [3.8, 4) is 0 Å². The third kappa shape index (κ3) is 8.90. The van der Waals surface area contributed by atoms with Gasteiger partial charge in [0.1, 0.15) is 12.1 Å². The molecule has 2 aliphatic heterocycles.